The van der Waals surface area contributed by atoms with Gasteiger partial charge in [-0.1, -0.05) is 0 Å². The van der Waals surface area contributed by atoms with Crippen molar-refractivity contribution in [3.8, 4) is 0 Å². The van der Waals surface area contributed by atoms with Crippen LogP contribution < -0.4 is 0 Å². The molecule has 0 aliphatic heterocycles. The van der Waals surface area contributed by atoms with Crippen molar-refractivity contribution in [2.75, 3.05) is 6.54 Å². The summed E-state index contributed by atoms with van der Waals surface area (Å²) in [6.07, 6.45) is 0.610. The van der Waals surface area contributed by atoms with Gasteiger partial charge in [-0.05, 0) is 19.1 Å². The second kappa shape index (κ2) is 3.80. The zero-order chi connectivity index (χ0) is 8.97. The van der Waals surface area contributed by atoms with Gasteiger partial charge in [0.1, 0.15) is 5.76 Å². The van der Waals surface area contributed by atoms with Crippen LogP contribution in [0.1, 0.15) is 12.7 Å². The molecule has 66 valence electrons. The SMILES string of the molecule is CCN(Cc1ccco1)C(=O)O. The number of nitrogens with zero attached hydrogens (tertiary/aromatic N) is 1. The molecular weight excluding hydrogens is 158 g/mol. The van der Waals surface area contributed by atoms with E-state index >= 15 is 0 Å². The van der Waals surface area contributed by atoms with E-state index in [0.717, 1.165) is 0 Å². The Morgan fingerprint density at radius 1 is 1.75 bits per heavy atom. The summed E-state index contributed by atoms with van der Waals surface area (Å²) in [6.45, 7) is 2.58. The van der Waals surface area contributed by atoms with E-state index < -0.39 is 6.09 Å². The van der Waals surface area contributed by atoms with Crippen LogP contribution in [0.3, 0.4) is 0 Å². The average Bonchev–Trinajstić information content (AvgIpc) is 2.51. The summed E-state index contributed by atoms with van der Waals surface area (Å²) in [4.78, 5) is 11.8. The van der Waals surface area contributed by atoms with Crippen LogP contribution in [0.25, 0.3) is 0 Å². The highest BCUT2D eigenvalue weighted by Gasteiger charge is 2.10. The molecule has 0 atom stereocenters. The predicted molar refractivity (Wildman–Crippen MR) is 42.8 cm³/mol. The van der Waals surface area contributed by atoms with Crippen molar-refractivity contribution in [3.05, 3.63) is 24.2 Å². The summed E-state index contributed by atoms with van der Waals surface area (Å²) in [5.74, 6) is 0.666. The zero-order valence-electron chi connectivity index (χ0n) is 6.86. The number of carbonyl (C=O) groups is 1. The van der Waals surface area contributed by atoms with Gasteiger partial charge in [-0.25, -0.2) is 4.79 Å². The van der Waals surface area contributed by atoms with Gasteiger partial charge in [0.25, 0.3) is 0 Å². The molecule has 12 heavy (non-hydrogen) atoms. The first-order valence-corrected chi connectivity index (χ1v) is 3.74. The largest absolute Gasteiger partial charge is 0.467 e. The van der Waals surface area contributed by atoms with E-state index in [2.05, 4.69) is 0 Å². The summed E-state index contributed by atoms with van der Waals surface area (Å²) in [5.41, 5.74) is 0. The number of amides is 1. The van der Waals surface area contributed by atoms with Gasteiger partial charge in [0, 0.05) is 6.54 Å². The van der Waals surface area contributed by atoms with E-state index in [0.29, 0.717) is 18.8 Å². The molecule has 0 aliphatic rings. The lowest BCUT2D eigenvalue weighted by molar-refractivity contribution is 0.141. The first-order chi connectivity index (χ1) is 5.74. The van der Waals surface area contributed by atoms with Gasteiger partial charge in [0.2, 0.25) is 0 Å². The Hall–Kier alpha value is -1.45. The molecular formula is C8H11NO3. The number of hydrogen-bond donors (Lipinski definition) is 1. The van der Waals surface area contributed by atoms with Gasteiger partial charge >= 0.3 is 6.09 Å². The molecule has 1 rings (SSSR count). The fourth-order valence-electron chi connectivity index (χ4n) is 0.905. The second-order valence-corrected chi connectivity index (χ2v) is 2.38. The fraction of sp³-hybridized carbons (Fsp3) is 0.375. The van der Waals surface area contributed by atoms with Crippen LogP contribution in [-0.4, -0.2) is 22.6 Å². The maximum Gasteiger partial charge on any atom is 0.407 e. The Morgan fingerprint density at radius 3 is 2.92 bits per heavy atom. The lowest BCUT2D eigenvalue weighted by Gasteiger charge is -2.14. The number of furan rings is 1. The highest BCUT2D eigenvalue weighted by atomic mass is 16.4. The van der Waals surface area contributed by atoms with Crippen molar-refractivity contribution in [2.24, 2.45) is 0 Å². The molecule has 1 heterocycles. The monoisotopic (exact) mass is 169 g/mol. The van der Waals surface area contributed by atoms with Crippen LogP contribution in [0.15, 0.2) is 22.8 Å². The average molecular weight is 169 g/mol. The van der Waals surface area contributed by atoms with Crippen LogP contribution in [0, 0.1) is 0 Å². The standard InChI is InChI=1S/C8H11NO3/c1-2-9(8(10)11)6-7-4-3-5-12-7/h3-5H,2,6H2,1H3,(H,10,11). The molecule has 0 aliphatic carbocycles. The predicted octanol–water partition coefficient (Wildman–Crippen LogP) is 1.78. The summed E-state index contributed by atoms with van der Waals surface area (Å²) < 4.78 is 5.01. The molecule has 4 heteroatoms. The molecule has 1 aromatic heterocycles. The Bertz CT molecular complexity index is 243. The van der Waals surface area contributed by atoms with Crippen LogP contribution in [0.4, 0.5) is 4.79 Å². The highest BCUT2D eigenvalue weighted by molar-refractivity contribution is 5.64. The Morgan fingerprint density at radius 2 is 2.50 bits per heavy atom. The molecule has 1 aromatic rings. The van der Waals surface area contributed by atoms with Gasteiger partial charge in [-0.2, -0.15) is 0 Å². The Labute approximate surface area is 70.4 Å². The number of hydrogen-bond acceptors (Lipinski definition) is 2. The lowest BCUT2D eigenvalue weighted by Crippen LogP contribution is -2.28. The molecule has 0 aromatic carbocycles. The molecule has 1 amide bonds. The molecule has 0 bridgehead atoms. The first-order valence-electron chi connectivity index (χ1n) is 3.74. The first kappa shape index (κ1) is 8.64. The van der Waals surface area contributed by atoms with Gasteiger partial charge in [0.15, 0.2) is 0 Å². The van der Waals surface area contributed by atoms with E-state index in [1.165, 1.54) is 11.2 Å². The minimum absolute atomic E-state index is 0.318. The van der Waals surface area contributed by atoms with Gasteiger partial charge < -0.3 is 14.4 Å². The molecule has 0 spiro atoms. The van der Waals surface area contributed by atoms with Crippen molar-refractivity contribution in [1.29, 1.82) is 0 Å². The summed E-state index contributed by atoms with van der Waals surface area (Å²) in [6, 6.07) is 3.50. The molecule has 0 unspecified atom stereocenters. The molecule has 0 radical (unpaired) electrons. The van der Waals surface area contributed by atoms with Crippen molar-refractivity contribution in [3.63, 3.8) is 0 Å². The highest BCUT2D eigenvalue weighted by Crippen LogP contribution is 2.04. The molecule has 4 nitrogen and oxygen atoms in total. The van der Waals surface area contributed by atoms with E-state index in [1.807, 2.05) is 0 Å². The van der Waals surface area contributed by atoms with Gasteiger partial charge in [-0.3, -0.25) is 0 Å². The maximum absolute atomic E-state index is 10.5. The van der Waals surface area contributed by atoms with Gasteiger partial charge in [-0.15, -0.1) is 0 Å². The van der Waals surface area contributed by atoms with Gasteiger partial charge in [0.05, 0.1) is 12.8 Å². The lowest BCUT2D eigenvalue weighted by atomic mass is 10.4. The van der Waals surface area contributed by atoms with Crippen molar-refractivity contribution < 1.29 is 14.3 Å². The third-order valence-electron chi connectivity index (χ3n) is 1.58. The topological polar surface area (TPSA) is 53.7 Å². The molecule has 0 fully saturated rings. The fourth-order valence-corrected chi connectivity index (χ4v) is 0.905. The summed E-state index contributed by atoms with van der Waals surface area (Å²) in [7, 11) is 0. The molecule has 0 saturated carbocycles. The van der Waals surface area contributed by atoms with Crippen molar-refractivity contribution >= 4 is 6.09 Å². The number of rotatable bonds is 3. The third kappa shape index (κ3) is 2.02. The van der Waals surface area contributed by atoms with Crippen LogP contribution in [-0.2, 0) is 6.54 Å². The van der Waals surface area contributed by atoms with E-state index in [1.54, 1.807) is 19.1 Å². The third-order valence-corrected chi connectivity index (χ3v) is 1.58. The summed E-state index contributed by atoms with van der Waals surface area (Å²) >= 11 is 0. The van der Waals surface area contributed by atoms with Crippen LogP contribution in [0.2, 0.25) is 0 Å². The molecule has 1 N–H and O–H groups in total. The Kier molecular flexibility index (Phi) is 2.74. The maximum atomic E-state index is 10.5. The summed E-state index contributed by atoms with van der Waals surface area (Å²) in [5, 5.41) is 8.66. The molecule has 0 saturated heterocycles. The van der Waals surface area contributed by atoms with Crippen LogP contribution >= 0.6 is 0 Å². The van der Waals surface area contributed by atoms with Crippen molar-refractivity contribution in [1.82, 2.24) is 4.90 Å². The van der Waals surface area contributed by atoms with Crippen molar-refractivity contribution in [2.45, 2.75) is 13.5 Å². The number of carboxylic acid groups (broad SMARTS) is 1. The normalized spacial score (nSPS) is 9.75. The minimum atomic E-state index is -0.922. The smallest absolute Gasteiger partial charge is 0.407 e. The second-order valence-electron chi connectivity index (χ2n) is 2.38. The quantitative estimate of drug-likeness (QED) is 0.750. The van der Waals surface area contributed by atoms with E-state index in [9.17, 15) is 4.79 Å². The Balaban J connectivity index is 2.54. The van der Waals surface area contributed by atoms with Crippen LogP contribution in [0.5, 0.6) is 0 Å². The van der Waals surface area contributed by atoms with E-state index in [4.69, 9.17) is 9.52 Å². The minimum Gasteiger partial charge on any atom is -0.467 e. The zero-order valence-corrected chi connectivity index (χ0v) is 6.86. The van der Waals surface area contributed by atoms with E-state index in [-0.39, 0.29) is 0 Å².